The molecule has 7 heteroatoms. The summed E-state index contributed by atoms with van der Waals surface area (Å²) < 4.78 is 33.2. The summed E-state index contributed by atoms with van der Waals surface area (Å²) in [5.41, 5.74) is 1.61. The molecule has 3 aromatic rings. The number of nitrogens with zero attached hydrogens (tertiary/aromatic N) is 1. The molecule has 0 bridgehead atoms. The van der Waals surface area contributed by atoms with E-state index in [1.807, 2.05) is 6.07 Å². The Hall–Kier alpha value is -3.32. The number of rotatable bonds is 10. The number of carbonyl (C=O) groups is 1. The van der Waals surface area contributed by atoms with Crippen molar-refractivity contribution in [3.63, 3.8) is 0 Å². The standard InChI is InChI=1S/C26H30N2O4S/c1-4-28(23-8-6-5-7-9-23)33(30,31)25-16-12-22(13-17-25)27-26(29)21-10-14-24(15-11-21)32-19-18-20(2)3/h5-17,20H,4,18-19H2,1-3H3,(H,27,29). The number of nitrogens with one attached hydrogen (secondary N) is 1. The van der Waals surface area contributed by atoms with E-state index in [0.29, 0.717) is 36.0 Å². The molecular weight excluding hydrogens is 436 g/mol. The summed E-state index contributed by atoms with van der Waals surface area (Å²) in [6.07, 6.45) is 0.968. The van der Waals surface area contributed by atoms with Gasteiger partial charge in [-0.05, 0) is 79.9 Å². The minimum absolute atomic E-state index is 0.161. The van der Waals surface area contributed by atoms with E-state index < -0.39 is 10.0 Å². The van der Waals surface area contributed by atoms with Gasteiger partial charge in [-0.25, -0.2) is 8.42 Å². The van der Waals surface area contributed by atoms with Crippen molar-refractivity contribution in [2.24, 2.45) is 5.92 Å². The van der Waals surface area contributed by atoms with E-state index in [0.717, 1.165) is 12.2 Å². The van der Waals surface area contributed by atoms with Crippen LogP contribution >= 0.6 is 0 Å². The fourth-order valence-electron chi connectivity index (χ4n) is 3.24. The highest BCUT2D eigenvalue weighted by Crippen LogP contribution is 2.24. The average Bonchev–Trinajstić information content (AvgIpc) is 2.80. The Morgan fingerprint density at radius 3 is 2.15 bits per heavy atom. The van der Waals surface area contributed by atoms with Crippen LogP contribution in [0.25, 0.3) is 0 Å². The molecule has 0 radical (unpaired) electrons. The van der Waals surface area contributed by atoms with E-state index in [9.17, 15) is 13.2 Å². The van der Waals surface area contributed by atoms with Crippen molar-refractivity contribution in [3.05, 3.63) is 84.4 Å². The van der Waals surface area contributed by atoms with Crippen LogP contribution in [0.3, 0.4) is 0 Å². The highest BCUT2D eigenvalue weighted by molar-refractivity contribution is 7.92. The monoisotopic (exact) mass is 466 g/mol. The summed E-state index contributed by atoms with van der Waals surface area (Å²) in [7, 11) is -3.71. The van der Waals surface area contributed by atoms with Crippen LogP contribution in [0.15, 0.2) is 83.8 Å². The summed E-state index contributed by atoms with van der Waals surface area (Å²) >= 11 is 0. The molecule has 0 heterocycles. The van der Waals surface area contributed by atoms with E-state index in [1.165, 1.54) is 16.4 Å². The largest absolute Gasteiger partial charge is 0.494 e. The van der Waals surface area contributed by atoms with Gasteiger partial charge >= 0.3 is 0 Å². The molecule has 174 valence electrons. The molecule has 0 aromatic heterocycles. The molecule has 1 N–H and O–H groups in total. The van der Waals surface area contributed by atoms with Gasteiger partial charge < -0.3 is 10.1 Å². The number of sulfonamides is 1. The second-order valence-electron chi connectivity index (χ2n) is 8.04. The minimum Gasteiger partial charge on any atom is -0.494 e. The Balaban J connectivity index is 1.66. The zero-order valence-corrected chi connectivity index (χ0v) is 20.0. The summed E-state index contributed by atoms with van der Waals surface area (Å²) in [5.74, 6) is 1.01. The third-order valence-electron chi connectivity index (χ3n) is 5.11. The molecular formula is C26H30N2O4S. The van der Waals surface area contributed by atoms with E-state index in [1.54, 1.807) is 67.6 Å². The lowest BCUT2D eigenvalue weighted by Gasteiger charge is -2.23. The number of anilines is 2. The van der Waals surface area contributed by atoms with Crippen LogP contribution in [0.2, 0.25) is 0 Å². The van der Waals surface area contributed by atoms with E-state index in [-0.39, 0.29) is 10.8 Å². The molecule has 0 aliphatic carbocycles. The van der Waals surface area contributed by atoms with Crippen molar-refractivity contribution in [1.29, 1.82) is 0 Å². The van der Waals surface area contributed by atoms with Crippen molar-refractivity contribution >= 4 is 27.3 Å². The number of ether oxygens (including phenoxy) is 1. The summed E-state index contributed by atoms with van der Waals surface area (Å²) in [5, 5.41) is 2.80. The van der Waals surface area contributed by atoms with Crippen molar-refractivity contribution in [2.45, 2.75) is 32.1 Å². The summed E-state index contributed by atoms with van der Waals surface area (Å²) in [6.45, 7) is 7.02. The molecule has 0 aliphatic heterocycles. The van der Waals surface area contributed by atoms with Gasteiger partial charge in [0.1, 0.15) is 5.75 Å². The molecule has 3 aromatic carbocycles. The van der Waals surface area contributed by atoms with Gasteiger partial charge in [0.25, 0.3) is 15.9 Å². The zero-order chi connectivity index (χ0) is 23.8. The van der Waals surface area contributed by atoms with Gasteiger partial charge in [-0.1, -0.05) is 32.0 Å². The molecule has 0 unspecified atom stereocenters. The van der Waals surface area contributed by atoms with Crippen molar-refractivity contribution in [2.75, 3.05) is 22.8 Å². The maximum absolute atomic E-state index is 13.1. The van der Waals surface area contributed by atoms with Gasteiger partial charge in [-0.2, -0.15) is 0 Å². The number of para-hydroxylation sites is 1. The van der Waals surface area contributed by atoms with Crippen molar-refractivity contribution in [1.82, 2.24) is 0 Å². The van der Waals surface area contributed by atoms with Gasteiger partial charge in [0.15, 0.2) is 0 Å². The van der Waals surface area contributed by atoms with Crippen LogP contribution in [0.4, 0.5) is 11.4 Å². The minimum atomic E-state index is -3.71. The van der Waals surface area contributed by atoms with Gasteiger partial charge in [0.2, 0.25) is 0 Å². The maximum Gasteiger partial charge on any atom is 0.264 e. The number of hydrogen-bond donors (Lipinski definition) is 1. The SMILES string of the molecule is CCN(c1ccccc1)S(=O)(=O)c1ccc(NC(=O)c2ccc(OCCC(C)C)cc2)cc1. The lowest BCUT2D eigenvalue weighted by Crippen LogP contribution is -2.30. The molecule has 0 aliphatic rings. The Kier molecular flexibility index (Phi) is 8.11. The number of benzene rings is 3. The predicted molar refractivity (Wildman–Crippen MR) is 132 cm³/mol. The first-order chi connectivity index (χ1) is 15.8. The molecule has 0 spiro atoms. The lowest BCUT2D eigenvalue weighted by atomic mass is 10.1. The first-order valence-electron chi connectivity index (χ1n) is 11.0. The molecule has 0 saturated carbocycles. The molecule has 6 nitrogen and oxygen atoms in total. The first kappa shape index (κ1) is 24.3. The third kappa shape index (κ3) is 6.35. The molecule has 0 fully saturated rings. The van der Waals surface area contributed by atoms with Crippen LogP contribution in [-0.2, 0) is 10.0 Å². The van der Waals surface area contributed by atoms with Crippen LogP contribution in [-0.4, -0.2) is 27.5 Å². The second kappa shape index (κ2) is 11.0. The Labute approximate surface area is 196 Å². The fourth-order valence-corrected chi connectivity index (χ4v) is 4.71. The van der Waals surface area contributed by atoms with Crippen LogP contribution in [0, 0.1) is 5.92 Å². The normalized spacial score (nSPS) is 11.3. The van der Waals surface area contributed by atoms with E-state index in [4.69, 9.17) is 4.74 Å². The molecule has 0 saturated heterocycles. The average molecular weight is 467 g/mol. The smallest absolute Gasteiger partial charge is 0.264 e. The maximum atomic E-state index is 13.1. The zero-order valence-electron chi connectivity index (χ0n) is 19.2. The molecule has 1 amide bonds. The van der Waals surface area contributed by atoms with Crippen molar-refractivity contribution in [3.8, 4) is 5.75 Å². The first-order valence-corrected chi connectivity index (χ1v) is 12.5. The number of hydrogen-bond acceptors (Lipinski definition) is 4. The van der Waals surface area contributed by atoms with Gasteiger partial charge in [0.05, 0.1) is 17.2 Å². The molecule has 33 heavy (non-hydrogen) atoms. The van der Waals surface area contributed by atoms with Gasteiger partial charge in [-0.15, -0.1) is 0 Å². The Morgan fingerprint density at radius 1 is 0.939 bits per heavy atom. The highest BCUT2D eigenvalue weighted by Gasteiger charge is 2.23. The van der Waals surface area contributed by atoms with Gasteiger partial charge in [-0.3, -0.25) is 9.10 Å². The topological polar surface area (TPSA) is 75.7 Å². The highest BCUT2D eigenvalue weighted by atomic mass is 32.2. The molecule has 0 atom stereocenters. The fraction of sp³-hybridized carbons (Fsp3) is 0.269. The van der Waals surface area contributed by atoms with E-state index in [2.05, 4.69) is 19.2 Å². The number of amides is 1. The number of carbonyl (C=O) groups excluding carboxylic acids is 1. The summed E-state index contributed by atoms with van der Waals surface area (Å²) in [6, 6.07) is 22.1. The van der Waals surface area contributed by atoms with Crippen LogP contribution in [0.1, 0.15) is 37.6 Å². The quantitative estimate of drug-likeness (QED) is 0.423. The predicted octanol–water partition coefficient (Wildman–Crippen LogP) is 5.58. The van der Waals surface area contributed by atoms with E-state index >= 15 is 0 Å². The lowest BCUT2D eigenvalue weighted by molar-refractivity contribution is 0.102. The van der Waals surface area contributed by atoms with Crippen LogP contribution in [0.5, 0.6) is 5.75 Å². The van der Waals surface area contributed by atoms with Gasteiger partial charge in [0, 0.05) is 17.8 Å². The molecule has 3 rings (SSSR count). The van der Waals surface area contributed by atoms with Crippen LogP contribution < -0.4 is 14.4 Å². The summed E-state index contributed by atoms with van der Waals surface area (Å²) in [4.78, 5) is 12.7. The third-order valence-corrected chi connectivity index (χ3v) is 7.03. The Morgan fingerprint density at radius 2 is 1.58 bits per heavy atom. The Bertz CT molecular complexity index is 1140. The second-order valence-corrected chi connectivity index (χ2v) is 9.90. The van der Waals surface area contributed by atoms with Crippen molar-refractivity contribution < 1.29 is 17.9 Å².